The van der Waals surface area contributed by atoms with Crippen LogP contribution in [-0.4, -0.2) is 24.0 Å². The Morgan fingerprint density at radius 2 is 1.94 bits per heavy atom. The van der Waals surface area contributed by atoms with E-state index in [-0.39, 0.29) is 11.8 Å². The van der Waals surface area contributed by atoms with Crippen molar-refractivity contribution in [2.75, 3.05) is 11.9 Å². The van der Waals surface area contributed by atoms with Gasteiger partial charge in [-0.05, 0) is 37.5 Å². The zero-order chi connectivity index (χ0) is 13.4. The fourth-order valence-electron chi connectivity index (χ4n) is 2.19. The molecule has 0 bridgehead atoms. The molecule has 1 aromatic carbocycles. The number of carbonyl (C=O) groups is 2. The number of anilines is 1. The summed E-state index contributed by atoms with van der Waals surface area (Å²) in [6, 6.07) is 5.91. The number of amides is 1. The molecule has 1 fully saturated rings. The Hall–Kier alpha value is -1.84. The summed E-state index contributed by atoms with van der Waals surface area (Å²) in [6.45, 7) is 3.92. The highest BCUT2D eigenvalue weighted by atomic mass is 16.4. The minimum atomic E-state index is -0.872. The van der Waals surface area contributed by atoms with E-state index in [1.165, 1.54) is 0 Å². The number of carboxylic acids is 1. The van der Waals surface area contributed by atoms with E-state index in [2.05, 4.69) is 0 Å². The largest absolute Gasteiger partial charge is 0.481 e. The molecular formula is C14H17NO3. The monoisotopic (exact) mass is 247 g/mol. The molecule has 1 amide bonds. The maximum atomic E-state index is 12.1. The fraction of sp³-hybridized carbons (Fsp3) is 0.429. The number of hydrogen-bond acceptors (Lipinski definition) is 2. The molecule has 2 unspecified atom stereocenters. The van der Waals surface area contributed by atoms with Crippen LogP contribution in [0.1, 0.15) is 17.5 Å². The average Bonchev–Trinajstić information content (AvgIpc) is 3.10. The molecule has 0 aromatic heterocycles. The van der Waals surface area contributed by atoms with Gasteiger partial charge < -0.3 is 10.0 Å². The van der Waals surface area contributed by atoms with Gasteiger partial charge >= 0.3 is 5.97 Å². The lowest BCUT2D eigenvalue weighted by Gasteiger charge is -2.20. The SMILES string of the molecule is Cc1ccc(C)c(N(C)C(=O)C2CC2C(=O)O)c1. The van der Waals surface area contributed by atoms with Crippen LogP contribution in [0.25, 0.3) is 0 Å². The van der Waals surface area contributed by atoms with Crippen LogP contribution in [0.15, 0.2) is 18.2 Å². The van der Waals surface area contributed by atoms with Crippen LogP contribution in [0.2, 0.25) is 0 Å². The van der Waals surface area contributed by atoms with E-state index in [1.807, 2.05) is 32.0 Å². The zero-order valence-electron chi connectivity index (χ0n) is 10.8. The molecule has 2 atom stereocenters. The first kappa shape index (κ1) is 12.6. The smallest absolute Gasteiger partial charge is 0.307 e. The highest BCUT2D eigenvalue weighted by Crippen LogP contribution is 2.40. The molecule has 4 nitrogen and oxygen atoms in total. The van der Waals surface area contributed by atoms with Crippen LogP contribution in [-0.2, 0) is 9.59 Å². The molecule has 18 heavy (non-hydrogen) atoms. The summed E-state index contributed by atoms with van der Waals surface area (Å²) >= 11 is 0. The molecule has 0 saturated heterocycles. The van der Waals surface area contributed by atoms with Gasteiger partial charge in [0.1, 0.15) is 0 Å². The lowest BCUT2D eigenvalue weighted by molar-refractivity contribution is -0.139. The van der Waals surface area contributed by atoms with Crippen molar-refractivity contribution in [1.29, 1.82) is 0 Å². The van der Waals surface area contributed by atoms with Gasteiger partial charge in [-0.25, -0.2) is 0 Å². The van der Waals surface area contributed by atoms with Crippen LogP contribution in [0.5, 0.6) is 0 Å². The first-order chi connectivity index (χ1) is 8.41. The van der Waals surface area contributed by atoms with Crippen molar-refractivity contribution < 1.29 is 14.7 Å². The quantitative estimate of drug-likeness (QED) is 0.888. The highest BCUT2D eigenvalue weighted by Gasteiger charge is 2.49. The van der Waals surface area contributed by atoms with Gasteiger partial charge in [0.2, 0.25) is 5.91 Å². The summed E-state index contributed by atoms with van der Waals surface area (Å²) in [6.07, 6.45) is 0.462. The van der Waals surface area contributed by atoms with Crippen LogP contribution in [0.3, 0.4) is 0 Å². The average molecular weight is 247 g/mol. The Morgan fingerprint density at radius 1 is 1.28 bits per heavy atom. The third-order valence-electron chi connectivity index (χ3n) is 3.48. The second-order valence-electron chi connectivity index (χ2n) is 4.97. The molecule has 0 aliphatic heterocycles. The van der Waals surface area contributed by atoms with Gasteiger partial charge in [0.05, 0.1) is 11.8 Å². The molecule has 1 aliphatic carbocycles. The van der Waals surface area contributed by atoms with E-state index in [0.29, 0.717) is 6.42 Å². The maximum absolute atomic E-state index is 12.1. The van der Waals surface area contributed by atoms with Gasteiger partial charge in [-0.1, -0.05) is 12.1 Å². The summed E-state index contributed by atoms with van der Waals surface area (Å²) < 4.78 is 0. The Morgan fingerprint density at radius 3 is 2.50 bits per heavy atom. The van der Waals surface area contributed by atoms with Crippen molar-refractivity contribution >= 4 is 17.6 Å². The van der Waals surface area contributed by atoms with Gasteiger partial charge in [0.15, 0.2) is 0 Å². The molecule has 1 N–H and O–H groups in total. The molecule has 1 saturated carbocycles. The van der Waals surface area contributed by atoms with Crippen molar-refractivity contribution in [1.82, 2.24) is 0 Å². The lowest BCUT2D eigenvalue weighted by Crippen LogP contribution is -2.29. The standard InChI is InChI=1S/C14H17NO3/c1-8-4-5-9(2)12(6-8)15(3)13(16)10-7-11(10)14(17)18/h4-6,10-11H,7H2,1-3H3,(H,17,18). The van der Waals surface area contributed by atoms with Gasteiger partial charge in [-0.2, -0.15) is 0 Å². The fourth-order valence-corrected chi connectivity index (χ4v) is 2.19. The number of benzene rings is 1. The van der Waals surface area contributed by atoms with Gasteiger partial charge in [-0.3, -0.25) is 9.59 Å². The summed E-state index contributed by atoms with van der Waals surface area (Å²) in [5, 5.41) is 8.85. The Labute approximate surface area is 106 Å². The number of rotatable bonds is 3. The predicted molar refractivity (Wildman–Crippen MR) is 68.6 cm³/mol. The van der Waals surface area contributed by atoms with Crippen LogP contribution >= 0.6 is 0 Å². The molecule has 96 valence electrons. The predicted octanol–water partition coefficient (Wildman–Crippen LogP) is 1.99. The van der Waals surface area contributed by atoms with E-state index in [4.69, 9.17) is 5.11 Å². The van der Waals surface area contributed by atoms with Crippen molar-refractivity contribution in [3.05, 3.63) is 29.3 Å². The Balaban J connectivity index is 2.17. The molecule has 2 rings (SSSR count). The first-order valence-electron chi connectivity index (χ1n) is 5.99. The molecule has 0 spiro atoms. The second kappa shape index (κ2) is 4.44. The number of carbonyl (C=O) groups excluding carboxylic acids is 1. The molecule has 1 aromatic rings. The van der Waals surface area contributed by atoms with Crippen LogP contribution in [0.4, 0.5) is 5.69 Å². The first-order valence-corrected chi connectivity index (χ1v) is 5.99. The summed E-state index contributed by atoms with van der Waals surface area (Å²) in [5.41, 5.74) is 2.96. The lowest BCUT2D eigenvalue weighted by atomic mass is 10.1. The number of hydrogen-bond donors (Lipinski definition) is 1. The van der Waals surface area contributed by atoms with Gasteiger partial charge in [0.25, 0.3) is 0 Å². The van der Waals surface area contributed by atoms with Crippen molar-refractivity contribution in [3.63, 3.8) is 0 Å². The normalized spacial score (nSPS) is 21.5. The maximum Gasteiger partial charge on any atom is 0.307 e. The summed E-state index contributed by atoms with van der Waals surface area (Å²) in [7, 11) is 1.71. The Kier molecular flexibility index (Phi) is 3.11. The van der Waals surface area contributed by atoms with E-state index >= 15 is 0 Å². The number of nitrogens with zero attached hydrogens (tertiary/aromatic N) is 1. The minimum absolute atomic E-state index is 0.101. The number of carboxylic acid groups (broad SMARTS) is 1. The zero-order valence-corrected chi connectivity index (χ0v) is 10.8. The van der Waals surface area contributed by atoms with Crippen LogP contribution in [0, 0.1) is 25.7 Å². The third kappa shape index (κ3) is 2.23. The van der Waals surface area contributed by atoms with Gasteiger partial charge in [-0.15, -0.1) is 0 Å². The van der Waals surface area contributed by atoms with E-state index < -0.39 is 11.9 Å². The number of aliphatic carboxylic acids is 1. The van der Waals surface area contributed by atoms with Crippen LogP contribution < -0.4 is 4.90 Å². The highest BCUT2D eigenvalue weighted by molar-refractivity contribution is 6.00. The van der Waals surface area contributed by atoms with E-state index in [0.717, 1.165) is 16.8 Å². The van der Waals surface area contributed by atoms with Crippen molar-refractivity contribution in [3.8, 4) is 0 Å². The summed E-state index contributed by atoms with van der Waals surface area (Å²) in [4.78, 5) is 24.5. The second-order valence-corrected chi connectivity index (χ2v) is 4.97. The topological polar surface area (TPSA) is 57.6 Å². The molecule has 0 radical (unpaired) electrons. The number of aryl methyl sites for hydroxylation is 2. The molecule has 1 aliphatic rings. The molecule has 4 heteroatoms. The van der Waals surface area contributed by atoms with E-state index in [1.54, 1.807) is 11.9 Å². The third-order valence-corrected chi connectivity index (χ3v) is 3.48. The van der Waals surface area contributed by atoms with Crippen molar-refractivity contribution in [2.24, 2.45) is 11.8 Å². The molecule has 0 heterocycles. The summed E-state index contributed by atoms with van der Waals surface area (Å²) in [5.74, 6) is -1.82. The van der Waals surface area contributed by atoms with E-state index in [9.17, 15) is 9.59 Å². The molecular weight excluding hydrogens is 230 g/mol. The Bertz CT molecular complexity index is 510. The van der Waals surface area contributed by atoms with Gasteiger partial charge in [0, 0.05) is 12.7 Å². The van der Waals surface area contributed by atoms with Crippen molar-refractivity contribution in [2.45, 2.75) is 20.3 Å². The minimum Gasteiger partial charge on any atom is -0.481 e.